The lowest BCUT2D eigenvalue weighted by atomic mass is 9.53. The quantitative estimate of drug-likeness (QED) is 0.704. The Hall–Kier alpha value is -2.02. The molecule has 4 bridgehead atoms. The normalized spacial score (nSPS) is 29.8. The molecule has 6 rings (SSSR count). The van der Waals surface area contributed by atoms with E-state index in [1.165, 1.54) is 50.3 Å². The minimum absolute atomic E-state index is 0.0704. The Morgan fingerprint density at radius 2 is 1.79 bits per heavy atom. The highest BCUT2D eigenvalue weighted by molar-refractivity contribution is 7.99. The van der Waals surface area contributed by atoms with E-state index in [1.54, 1.807) is 0 Å². The molecule has 0 radical (unpaired) electrons. The summed E-state index contributed by atoms with van der Waals surface area (Å²) in [5.74, 6) is 4.56. The Labute approximate surface area is 175 Å². The van der Waals surface area contributed by atoms with E-state index in [-0.39, 0.29) is 11.4 Å². The van der Waals surface area contributed by atoms with Crippen LogP contribution in [-0.4, -0.2) is 32.0 Å². The Balaban J connectivity index is 1.15. The van der Waals surface area contributed by atoms with Crippen LogP contribution in [-0.2, 0) is 18.4 Å². The van der Waals surface area contributed by atoms with Gasteiger partial charge in [0.1, 0.15) is 12.4 Å². The highest BCUT2D eigenvalue weighted by Gasteiger charge is 2.51. The Bertz CT molecular complexity index is 847. The molecule has 29 heavy (non-hydrogen) atoms. The maximum absolute atomic E-state index is 12.7. The van der Waals surface area contributed by atoms with Gasteiger partial charge in [0.2, 0.25) is 5.91 Å². The monoisotopic (exact) mass is 412 g/mol. The third-order valence-electron chi connectivity index (χ3n) is 6.81. The number of amides is 1. The summed E-state index contributed by atoms with van der Waals surface area (Å²) >= 11 is 1.45. The van der Waals surface area contributed by atoms with Crippen LogP contribution in [0.3, 0.4) is 0 Å². The third-order valence-corrected chi connectivity index (χ3v) is 7.83. The molecule has 4 fully saturated rings. The zero-order chi connectivity index (χ0) is 19.8. The second-order valence-electron chi connectivity index (χ2n) is 9.09. The number of thioether (sulfide) groups is 1. The second kappa shape index (κ2) is 7.67. The molecule has 6 nitrogen and oxygen atoms in total. The first-order valence-electron chi connectivity index (χ1n) is 10.6. The van der Waals surface area contributed by atoms with Gasteiger partial charge in [0, 0.05) is 12.6 Å². The molecule has 0 saturated heterocycles. The Kier molecular flexibility index (Phi) is 5.02. The number of hydrogen-bond donors (Lipinski definition) is 1. The predicted octanol–water partition coefficient (Wildman–Crippen LogP) is 3.57. The summed E-state index contributed by atoms with van der Waals surface area (Å²) in [6, 6.07) is 9.67. The van der Waals surface area contributed by atoms with Crippen molar-refractivity contribution in [3.63, 3.8) is 0 Å². The molecule has 4 aliphatic rings. The molecule has 0 spiro atoms. The standard InChI is InChI=1S/C22H28N4O2S/c1-26-19(13-28-18-5-3-2-4-6-18)24-25-21(26)29-14-20(27)23-22-10-15-7-16(11-22)9-17(8-15)12-22/h2-6,15-17H,7-14H2,1H3,(H,23,27). The van der Waals surface area contributed by atoms with Gasteiger partial charge >= 0.3 is 0 Å². The van der Waals surface area contributed by atoms with Gasteiger partial charge in [-0.05, 0) is 68.4 Å². The van der Waals surface area contributed by atoms with Crippen molar-refractivity contribution in [2.24, 2.45) is 24.8 Å². The van der Waals surface area contributed by atoms with E-state index in [4.69, 9.17) is 4.74 Å². The molecule has 1 aromatic carbocycles. The Morgan fingerprint density at radius 3 is 2.45 bits per heavy atom. The maximum atomic E-state index is 12.7. The summed E-state index contributed by atoms with van der Waals surface area (Å²) in [7, 11) is 1.92. The lowest BCUT2D eigenvalue weighted by Crippen LogP contribution is -2.60. The fraction of sp³-hybridized carbons (Fsp3) is 0.591. The first-order chi connectivity index (χ1) is 14.1. The van der Waals surface area contributed by atoms with Crippen molar-refractivity contribution >= 4 is 17.7 Å². The fourth-order valence-corrected chi connectivity index (χ4v) is 6.72. The van der Waals surface area contributed by atoms with Gasteiger partial charge in [-0.1, -0.05) is 30.0 Å². The van der Waals surface area contributed by atoms with Crippen molar-refractivity contribution in [2.75, 3.05) is 5.75 Å². The number of carbonyl (C=O) groups is 1. The van der Waals surface area contributed by atoms with Gasteiger partial charge in [-0.2, -0.15) is 0 Å². The van der Waals surface area contributed by atoms with E-state index < -0.39 is 0 Å². The zero-order valence-corrected chi connectivity index (χ0v) is 17.7. The molecular weight excluding hydrogens is 384 g/mol. The second-order valence-corrected chi connectivity index (χ2v) is 10.0. The van der Waals surface area contributed by atoms with Crippen LogP contribution < -0.4 is 10.1 Å². The molecule has 1 amide bonds. The highest BCUT2D eigenvalue weighted by atomic mass is 32.2. The van der Waals surface area contributed by atoms with Gasteiger partial charge in [-0.3, -0.25) is 4.79 Å². The summed E-state index contributed by atoms with van der Waals surface area (Å²) in [6.07, 6.45) is 7.70. The molecular formula is C22H28N4O2S. The maximum Gasteiger partial charge on any atom is 0.230 e. The van der Waals surface area contributed by atoms with Crippen LogP contribution in [0.5, 0.6) is 5.75 Å². The average molecular weight is 413 g/mol. The van der Waals surface area contributed by atoms with E-state index in [0.29, 0.717) is 12.4 Å². The van der Waals surface area contributed by atoms with Gasteiger partial charge in [-0.15, -0.1) is 10.2 Å². The molecule has 0 aliphatic heterocycles. The van der Waals surface area contributed by atoms with Crippen LogP contribution in [0.1, 0.15) is 44.3 Å². The van der Waals surface area contributed by atoms with E-state index in [9.17, 15) is 4.79 Å². The van der Waals surface area contributed by atoms with Crippen molar-refractivity contribution in [3.8, 4) is 5.75 Å². The molecule has 4 saturated carbocycles. The predicted molar refractivity (Wildman–Crippen MR) is 112 cm³/mol. The summed E-state index contributed by atoms with van der Waals surface area (Å²) in [5, 5.41) is 12.6. The van der Waals surface area contributed by atoms with Gasteiger partial charge in [-0.25, -0.2) is 0 Å². The Morgan fingerprint density at radius 1 is 1.14 bits per heavy atom. The fourth-order valence-electron chi connectivity index (χ4n) is 5.99. The van der Waals surface area contributed by atoms with Crippen LogP contribution >= 0.6 is 11.8 Å². The molecule has 154 valence electrons. The number of nitrogens with zero attached hydrogens (tertiary/aromatic N) is 3. The first-order valence-corrected chi connectivity index (χ1v) is 11.6. The first kappa shape index (κ1) is 19.0. The number of carbonyl (C=O) groups excluding carboxylic acids is 1. The van der Waals surface area contributed by atoms with E-state index >= 15 is 0 Å². The van der Waals surface area contributed by atoms with Crippen LogP contribution in [0.2, 0.25) is 0 Å². The third kappa shape index (κ3) is 4.02. The number of aromatic nitrogens is 3. The van der Waals surface area contributed by atoms with Crippen molar-refractivity contribution in [2.45, 2.75) is 55.8 Å². The zero-order valence-electron chi connectivity index (χ0n) is 16.8. The molecule has 1 aromatic heterocycles. The minimum Gasteiger partial charge on any atom is -0.486 e. The molecule has 2 aromatic rings. The number of benzene rings is 1. The average Bonchev–Trinajstić information content (AvgIpc) is 3.04. The summed E-state index contributed by atoms with van der Waals surface area (Å²) in [4.78, 5) is 12.7. The lowest BCUT2D eigenvalue weighted by molar-refractivity contribution is -0.124. The minimum atomic E-state index is 0.0704. The number of para-hydroxylation sites is 1. The van der Waals surface area contributed by atoms with E-state index in [1.807, 2.05) is 41.9 Å². The summed E-state index contributed by atoms with van der Waals surface area (Å²) < 4.78 is 7.67. The van der Waals surface area contributed by atoms with E-state index in [0.717, 1.165) is 34.5 Å². The SMILES string of the molecule is Cn1c(COc2ccccc2)nnc1SCC(=O)NC12CC3CC(CC(C3)C1)C2. The number of ether oxygens (including phenoxy) is 1. The summed E-state index contributed by atoms with van der Waals surface area (Å²) in [5.41, 5.74) is 0.0704. The molecule has 0 unspecified atom stereocenters. The van der Waals surface area contributed by atoms with Gasteiger partial charge in [0.05, 0.1) is 5.75 Å². The lowest BCUT2D eigenvalue weighted by Gasteiger charge is -2.56. The molecule has 1 N–H and O–H groups in total. The van der Waals surface area contributed by atoms with Crippen LogP contribution in [0.4, 0.5) is 0 Å². The van der Waals surface area contributed by atoms with Crippen LogP contribution in [0.15, 0.2) is 35.5 Å². The van der Waals surface area contributed by atoms with Crippen molar-refractivity contribution in [1.29, 1.82) is 0 Å². The van der Waals surface area contributed by atoms with Crippen molar-refractivity contribution in [3.05, 3.63) is 36.2 Å². The molecule has 1 heterocycles. The highest BCUT2D eigenvalue weighted by Crippen LogP contribution is 2.55. The van der Waals surface area contributed by atoms with E-state index in [2.05, 4.69) is 15.5 Å². The number of rotatable bonds is 7. The van der Waals surface area contributed by atoms with Crippen molar-refractivity contribution < 1.29 is 9.53 Å². The van der Waals surface area contributed by atoms with Crippen molar-refractivity contribution in [1.82, 2.24) is 20.1 Å². The van der Waals surface area contributed by atoms with Gasteiger partial charge in [0.15, 0.2) is 11.0 Å². The largest absolute Gasteiger partial charge is 0.486 e. The van der Waals surface area contributed by atoms with Crippen LogP contribution in [0, 0.1) is 17.8 Å². The molecule has 7 heteroatoms. The van der Waals surface area contributed by atoms with Gasteiger partial charge in [0.25, 0.3) is 0 Å². The molecule has 4 aliphatic carbocycles. The molecule has 0 atom stereocenters. The van der Waals surface area contributed by atoms with Gasteiger partial charge < -0.3 is 14.6 Å². The number of hydrogen-bond acceptors (Lipinski definition) is 5. The topological polar surface area (TPSA) is 69.0 Å². The smallest absolute Gasteiger partial charge is 0.230 e. The van der Waals surface area contributed by atoms with Crippen LogP contribution in [0.25, 0.3) is 0 Å². The number of nitrogens with one attached hydrogen (secondary N) is 1. The summed E-state index contributed by atoms with van der Waals surface area (Å²) in [6.45, 7) is 0.355.